The van der Waals surface area contributed by atoms with Crippen molar-refractivity contribution in [2.24, 2.45) is 0 Å². The molecule has 1 fully saturated rings. The number of hydrogen-bond acceptors (Lipinski definition) is 5. The number of thiazole rings is 1. The summed E-state index contributed by atoms with van der Waals surface area (Å²) in [6.45, 7) is 3.24. The van der Waals surface area contributed by atoms with E-state index in [1.54, 1.807) is 24.1 Å². The molecule has 1 aliphatic heterocycles. The molecule has 7 nitrogen and oxygen atoms in total. The van der Waals surface area contributed by atoms with E-state index in [0.29, 0.717) is 43.2 Å². The highest BCUT2D eigenvalue weighted by atomic mass is 32.2. The smallest absolute Gasteiger partial charge is 0.323 e. The van der Waals surface area contributed by atoms with Gasteiger partial charge in [0.2, 0.25) is 10.0 Å². The third kappa shape index (κ3) is 5.27. The number of urea groups is 1. The number of rotatable bonds is 4. The number of benzene rings is 1. The highest BCUT2D eigenvalue weighted by Crippen LogP contribution is 2.22. The van der Waals surface area contributed by atoms with Crippen LogP contribution in [-0.2, 0) is 16.4 Å². The quantitative estimate of drug-likeness (QED) is 0.815. The van der Waals surface area contributed by atoms with Gasteiger partial charge in [-0.05, 0) is 30.5 Å². The van der Waals surface area contributed by atoms with Gasteiger partial charge in [0.15, 0.2) is 5.13 Å². The van der Waals surface area contributed by atoms with Crippen LogP contribution in [0.3, 0.4) is 0 Å². The van der Waals surface area contributed by atoms with Crippen LogP contribution in [0.5, 0.6) is 0 Å². The number of amides is 2. The maximum Gasteiger partial charge on any atom is 0.323 e. The molecule has 0 radical (unpaired) electrons. The second kappa shape index (κ2) is 8.54. The Morgan fingerprint density at radius 3 is 2.79 bits per heavy atom. The first-order valence-corrected chi connectivity index (χ1v) is 11.6. The van der Waals surface area contributed by atoms with Crippen molar-refractivity contribution in [3.63, 3.8) is 0 Å². The number of carbonyl (C=O) groups excluding carboxylic acids is 1. The maximum absolute atomic E-state index is 13.7. The number of anilines is 1. The van der Waals surface area contributed by atoms with E-state index in [-0.39, 0.29) is 18.4 Å². The minimum atomic E-state index is -3.25. The number of aromatic nitrogens is 1. The predicted molar refractivity (Wildman–Crippen MR) is 108 cm³/mol. The van der Waals surface area contributed by atoms with Crippen LogP contribution in [0, 0.1) is 12.7 Å². The number of aryl methyl sites for hydroxylation is 1. The van der Waals surface area contributed by atoms with Crippen molar-refractivity contribution < 1.29 is 17.6 Å². The van der Waals surface area contributed by atoms with Crippen LogP contribution in [0.15, 0.2) is 24.4 Å². The Balaban J connectivity index is 1.58. The van der Waals surface area contributed by atoms with Gasteiger partial charge in [-0.2, -0.15) is 0 Å². The average Bonchev–Trinajstić information content (AvgIpc) is 2.89. The van der Waals surface area contributed by atoms with E-state index in [1.165, 1.54) is 28.0 Å². The average molecular weight is 427 g/mol. The first kappa shape index (κ1) is 20.7. The Kier molecular flexibility index (Phi) is 6.31. The van der Waals surface area contributed by atoms with Crippen molar-refractivity contribution in [2.75, 3.05) is 37.8 Å². The van der Waals surface area contributed by atoms with Crippen LogP contribution in [0.1, 0.15) is 22.4 Å². The van der Waals surface area contributed by atoms with Gasteiger partial charge in [-0.1, -0.05) is 12.1 Å². The summed E-state index contributed by atoms with van der Waals surface area (Å²) in [7, 11) is -3.25. The molecule has 10 heteroatoms. The first-order chi connectivity index (χ1) is 13.2. The molecular formula is C18H23FN4O3S2. The van der Waals surface area contributed by atoms with Gasteiger partial charge < -0.3 is 4.90 Å². The Hall–Kier alpha value is -2.04. The third-order valence-electron chi connectivity index (χ3n) is 4.59. The van der Waals surface area contributed by atoms with Gasteiger partial charge in [0, 0.05) is 43.7 Å². The molecule has 0 atom stereocenters. The fraction of sp³-hybridized carbons (Fsp3) is 0.444. The van der Waals surface area contributed by atoms with Crippen LogP contribution < -0.4 is 5.32 Å². The summed E-state index contributed by atoms with van der Waals surface area (Å²) in [6, 6.07) is 4.84. The zero-order valence-corrected chi connectivity index (χ0v) is 17.4. The molecule has 1 aromatic heterocycles. The van der Waals surface area contributed by atoms with Crippen molar-refractivity contribution >= 4 is 32.5 Å². The third-order valence-corrected chi connectivity index (χ3v) is 6.81. The molecule has 1 saturated heterocycles. The van der Waals surface area contributed by atoms with Gasteiger partial charge in [0.25, 0.3) is 0 Å². The van der Waals surface area contributed by atoms with Gasteiger partial charge in [-0.25, -0.2) is 26.9 Å². The van der Waals surface area contributed by atoms with Crippen LogP contribution in [0.25, 0.3) is 0 Å². The summed E-state index contributed by atoms with van der Waals surface area (Å²) in [6.07, 6.45) is 3.98. The number of nitrogens with one attached hydrogen (secondary N) is 1. The number of carbonyl (C=O) groups is 1. The number of halogens is 1. The lowest BCUT2D eigenvalue weighted by atomic mass is 10.1. The van der Waals surface area contributed by atoms with Gasteiger partial charge >= 0.3 is 6.03 Å². The van der Waals surface area contributed by atoms with Crippen LogP contribution in [0.4, 0.5) is 14.3 Å². The highest BCUT2D eigenvalue weighted by Gasteiger charge is 2.24. The normalized spacial score (nSPS) is 16.0. The van der Waals surface area contributed by atoms with E-state index in [9.17, 15) is 17.6 Å². The van der Waals surface area contributed by atoms with E-state index >= 15 is 0 Å². The number of hydrogen-bond donors (Lipinski definition) is 1. The number of nitrogens with zero attached hydrogens (tertiary/aromatic N) is 3. The van der Waals surface area contributed by atoms with E-state index in [1.807, 2.05) is 6.07 Å². The molecule has 2 heterocycles. The lowest BCUT2D eigenvalue weighted by Crippen LogP contribution is -2.39. The van der Waals surface area contributed by atoms with Gasteiger partial charge in [0.05, 0.1) is 6.26 Å². The lowest BCUT2D eigenvalue weighted by molar-refractivity contribution is 0.214. The fourth-order valence-corrected chi connectivity index (χ4v) is 4.70. The molecule has 1 N–H and O–H groups in total. The molecule has 0 aliphatic carbocycles. The molecule has 1 aromatic carbocycles. The second-order valence-corrected chi connectivity index (χ2v) is 9.92. The zero-order valence-electron chi connectivity index (χ0n) is 15.8. The predicted octanol–water partition coefficient (Wildman–Crippen LogP) is 2.68. The largest absolute Gasteiger partial charge is 0.323 e. The number of sulfonamides is 1. The minimum absolute atomic E-state index is 0.236. The van der Waals surface area contributed by atoms with Crippen molar-refractivity contribution in [1.82, 2.24) is 14.2 Å². The first-order valence-electron chi connectivity index (χ1n) is 8.93. The summed E-state index contributed by atoms with van der Waals surface area (Å²) in [5.41, 5.74) is 1.45. The molecule has 2 amide bonds. The summed E-state index contributed by atoms with van der Waals surface area (Å²) in [5, 5.41) is 3.24. The summed E-state index contributed by atoms with van der Waals surface area (Å²) in [5.74, 6) is -0.236. The van der Waals surface area contributed by atoms with Crippen molar-refractivity contribution in [1.29, 1.82) is 0 Å². The van der Waals surface area contributed by atoms with E-state index in [2.05, 4.69) is 10.3 Å². The lowest BCUT2D eigenvalue weighted by Gasteiger charge is -2.20. The molecule has 152 valence electrons. The van der Waals surface area contributed by atoms with Gasteiger partial charge in [-0.15, -0.1) is 11.3 Å². The van der Waals surface area contributed by atoms with E-state index < -0.39 is 10.0 Å². The molecule has 0 bridgehead atoms. The Labute approximate surface area is 168 Å². The van der Waals surface area contributed by atoms with Crippen molar-refractivity contribution in [3.05, 3.63) is 46.2 Å². The van der Waals surface area contributed by atoms with E-state index in [4.69, 9.17) is 0 Å². The summed E-state index contributed by atoms with van der Waals surface area (Å²) >= 11 is 1.34. The van der Waals surface area contributed by atoms with Crippen molar-refractivity contribution in [3.8, 4) is 0 Å². The Bertz CT molecular complexity index is 961. The summed E-state index contributed by atoms with van der Waals surface area (Å²) < 4.78 is 38.4. The standard InChI is InChI=1S/C18H23FN4O3S2/c1-13-4-5-14(11-16(13)19)10-15-12-20-17(27-15)21-18(24)22-6-3-7-23(9-8-22)28(2,25)26/h4-5,11-12H,3,6-10H2,1-2H3,(H,20,21,24). The Morgan fingerprint density at radius 2 is 2.07 bits per heavy atom. The van der Waals surface area contributed by atoms with E-state index in [0.717, 1.165) is 10.4 Å². The zero-order chi connectivity index (χ0) is 20.3. The Morgan fingerprint density at radius 1 is 1.29 bits per heavy atom. The molecule has 2 aromatic rings. The molecule has 1 aliphatic rings. The van der Waals surface area contributed by atoms with Crippen LogP contribution in [-0.4, -0.2) is 61.1 Å². The topological polar surface area (TPSA) is 82.6 Å². The SMILES string of the molecule is Cc1ccc(Cc2cnc(NC(=O)N3CCCN(S(C)(=O)=O)CC3)s2)cc1F. The second-order valence-electron chi connectivity index (χ2n) is 6.82. The van der Waals surface area contributed by atoms with Crippen LogP contribution >= 0.6 is 11.3 Å². The molecule has 3 rings (SSSR count). The molecule has 0 saturated carbocycles. The molecule has 28 heavy (non-hydrogen) atoms. The monoisotopic (exact) mass is 426 g/mol. The molecular weight excluding hydrogens is 403 g/mol. The van der Waals surface area contributed by atoms with Crippen molar-refractivity contribution in [2.45, 2.75) is 19.8 Å². The molecule has 0 unspecified atom stereocenters. The minimum Gasteiger partial charge on any atom is -0.323 e. The van der Waals surface area contributed by atoms with Crippen LogP contribution in [0.2, 0.25) is 0 Å². The van der Waals surface area contributed by atoms with Gasteiger partial charge in [-0.3, -0.25) is 5.32 Å². The molecule has 0 spiro atoms. The summed E-state index contributed by atoms with van der Waals surface area (Å²) in [4.78, 5) is 19.2. The highest BCUT2D eigenvalue weighted by molar-refractivity contribution is 7.88. The maximum atomic E-state index is 13.7. The fourth-order valence-electron chi connectivity index (χ4n) is 2.99. The van der Waals surface area contributed by atoms with Gasteiger partial charge in [0.1, 0.15) is 5.82 Å².